The van der Waals surface area contributed by atoms with Gasteiger partial charge in [0.1, 0.15) is 5.69 Å². The van der Waals surface area contributed by atoms with Crippen molar-refractivity contribution in [2.24, 2.45) is 0 Å². The van der Waals surface area contributed by atoms with Gasteiger partial charge in [-0.1, -0.05) is 172 Å². The molecule has 0 amide bonds. The standard InChI is InChI=1S/C52H36N6/c1-52(2)42-24-14-12-23-41(42)46-45(52)47(54-50(53-46)37-30-31-40-39-22-13-15-25-43(39)58(44(40)32-37)38-20-10-5-11-21-38)51-56-48(35-18-8-4-9-19-35)55-49(57-51)36-28-26-34(27-29-36)33-16-6-3-7-17-33/h3-32H,1-2H3. The van der Waals surface area contributed by atoms with E-state index in [1.807, 2.05) is 36.4 Å². The van der Waals surface area contributed by atoms with Crippen LogP contribution in [0.4, 0.5) is 0 Å². The third kappa shape index (κ3) is 5.45. The summed E-state index contributed by atoms with van der Waals surface area (Å²) in [5.74, 6) is 2.29. The second-order valence-corrected chi connectivity index (χ2v) is 15.3. The largest absolute Gasteiger partial charge is 0.309 e. The Morgan fingerprint density at radius 1 is 0.379 bits per heavy atom. The van der Waals surface area contributed by atoms with Crippen LogP contribution in [0.25, 0.3) is 95.6 Å². The molecule has 1 aliphatic rings. The zero-order valence-electron chi connectivity index (χ0n) is 32.0. The Morgan fingerprint density at radius 2 is 0.879 bits per heavy atom. The van der Waals surface area contributed by atoms with E-state index in [0.717, 1.165) is 61.4 Å². The maximum absolute atomic E-state index is 5.48. The minimum absolute atomic E-state index is 0.416. The molecule has 6 nitrogen and oxygen atoms in total. The molecule has 58 heavy (non-hydrogen) atoms. The van der Waals surface area contributed by atoms with Gasteiger partial charge in [0.25, 0.3) is 0 Å². The fourth-order valence-electron chi connectivity index (χ4n) is 8.64. The molecule has 7 aromatic carbocycles. The lowest BCUT2D eigenvalue weighted by atomic mass is 9.81. The van der Waals surface area contributed by atoms with Crippen molar-refractivity contribution in [2.45, 2.75) is 19.3 Å². The maximum atomic E-state index is 5.48. The predicted molar refractivity (Wildman–Crippen MR) is 234 cm³/mol. The van der Waals surface area contributed by atoms with Gasteiger partial charge in [-0.05, 0) is 41.0 Å². The van der Waals surface area contributed by atoms with Crippen molar-refractivity contribution < 1.29 is 0 Å². The van der Waals surface area contributed by atoms with Crippen LogP contribution in [0, 0.1) is 0 Å². The number of aromatic nitrogens is 6. The molecule has 0 saturated heterocycles. The second-order valence-electron chi connectivity index (χ2n) is 15.3. The van der Waals surface area contributed by atoms with Crippen LogP contribution in [-0.4, -0.2) is 29.5 Å². The van der Waals surface area contributed by atoms with Gasteiger partial charge in [-0.3, -0.25) is 0 Å². The number of para-hydroxylation sites is 2. The van der Waals surface area contributed by atoms with Gasteiger partial charge < -0.3 is 4.57 Å². The molecule has 0 aliphatic heterocycles. The predicted octanol–water partition coefficient (Wildman–Crippen LogP) is 12.4. The summed E-state index contributed by atoms with van der Waals surface area (Å²) in [4.78, 5) is 26.5. The van der Waals surface area contributed by atoms with Crippen molar-refractivity contribution in [1.29, 1.82) is 0 Å². The molecule has 1 aliphatic carbocycles. The monoisotopic (exact) mass is 744 g/mol. The summed E-state index contributed by atoms with van der Waals surface area (Å²) in [5.41, 5.74) is 12.8. The van der Waals surface area contributed by atoms with E-state index in [-0.39, 0.29) is 0 Å². The van der Waals surface area contributed by atoms with Crippen molar-refractivity contribution in [1.82, 2.24) is 29.5 Å². The lowest BCUT2D eigenvalue weighted by Crippen LogP contribution is -2.18. The van der Waals surface area contributed by atoms with Crippen LogP contribution in [0.15, 0.2) is 182 Å². The van der Waals surface area contributed by atoms with Crippen molar-refractivity contribution >= 4 is 21.8 Å². The van der Waals surface area contributed by atoms with Crippen molar-refractivity contribution in [3.05, 3.63) is 193 Å². The van der Waals surface area contributed by atoms with Gasteiger partial charge in [-0.25, -0.2) is 24.9 Å². The van der Waals surface area contributed by atoms with E-state index < -0.39 is 5.41 Å². The summed E-state index contributed by atoms with van der Waals surface area (Å²) in [6.07, 6.45) is 0. The zero-order chi connectivity index (χ0) is 38.8. The van der Waals surface area contributed by atoms with E-state index in [1.165, 1.54) is 16.3 Å². The number of hydrogen-bond acceptors (Lipinski definition) is 5. The van der Waals surface area contributed by atoms with Crippen LogP contribution in [0.5, 0.6) is 0 Å². The van der Waals surface area contributed by atoms with E-state index in [4.69, 9.17) is 24.9 Å². The average Bonchev–Trinajstić information content (AvgIpc) is 3.74. The first-order valence-corrected chi connectivity index (χ1v) is 19.6. The first-order chi connectivity index (χ1) is 28.5. The molecule has 3 heterocycles. The topological polar surface area (TPSA) is 69.4 Å². The molecule has 0 fully saturated rings. The minimum Gasteiger partial charge on any atom is -0.309 e. The molecule has 0 spiro atoms. The van der Waals surface area contributed by atoms with E-state index in [2.05, 4.69) is 164 Å². The highest BCUT2D eigenvalue weighted by atomic mass is 15.1. The molecule has 0 atom stereocenters. The highest BCUT2D eigenvalue weighted by Gasteiger charge is 2.41. The second kappa shape index (κ2) is 13.3. The molecule has 11 rings (SSSR count). The van der Waals surface area contributed by atoms with Crippen LogP contribution in [-0.2, 0) is 5.41 Å². The van der Waals surface area contributed by atoms with Gasteiger partial charge in [-0.2, -0.15) is 0 Å². The zero-order valence-corrected chi connectivity index (χ0v) is 32.0. The smallest absolute Gasteiger partial charge is 0.182 e. The number of nitrogens with zero attached hydrogens (tertiary/aromatic N) is 6. The normalized spacial score (nSPS) is 12.8. The minimum atomic E-state index is -0.416. The molecule has 3 aromatic heterocycles. The lowest BCUT2D eigenvalue weighted by Gasteiger charge is -2.23. The first kappa shape index (κ1) is 33.7. The summed E-state index contributed by atoms with van der Waals surface area (Å²) in [6.45, 7) is 4.49. The summed E-state index contributed by atoms with van der Waals surface area (Å²) in [5, 5.41) is 2.37. The SMILES string of the molecule is CC1(C)c2ccccc2-c2nc(-c3ccc4c5ccccc5n(-c5ccccc5)c4c3)nc(-c3nc(-c4ccccc4)nc(-c4ccc(-c5ccccc5)cc4)n3)c21. The maximum Gasteiger partial charge on any atom is 0.182 e. The molecule has 0 saturated carbocycles. The van der Waals surface area contributed by atoms with Crippen molar-refractivity contribution in [2.75, 3.05) is 0 Å². The lowest BCUT2D eigenvalue weighted by molar-refractivity contribution is 0.656. The number of benzene rings is 7. The van der Waals surface area contributed by atoms with Crippen LogP contribution in [0.3, 0.4) is 0 Å². The van der Waals surface area contributed by atoms with Crippen LogP contribution in [0.2, 0.25) is 0 Å². The quantitative estimate of drug-likeness (QED) is 0.170. The third-order valence-electron chi connectivity index (χ3n) is 11.5. The van der Waals surface area contributed by atoms with Gasteiger partial charge in [0.15, 0.2) is 23.3 Å². The van der Waals surface area contributed by atoms with Gasteiger partial charge in [0, 0.05) is 49.7 Å². The molecular formula is C52H36N6. The van der Waals surface area contributed by atoms with Crippen molar-refractivity contribution in [3.8, 4) is 73.8 Å². The summed E-state index contributed by atoms with van der Waals surface area (Å²) < 4.78 is 2.33. The van der Waals surface area contributed by atoms with Gasteiger partial charge in [-0.15, -0.1) is 0 Å². The van der Waals surface area contributed by atoms with Crippen LogP contribution < -0.4 is 0 Å². The Morgan fingerprint density at radius 3 is 1.62 bits per heavy atom. The molecular weight excluding hydrogens is 709 g/mol. The van der Waals surface area contributed by atoms with Crippen LogP contribution >= 0.6 is 0 Å². The fraction of sp³-hybridized carbons (Fsp3) is 0.0577. The number of fused-ring (bicyclic) bond motifs is 6. The summed E-state index contributed by atoms with van der Waals surface area (Å²) in [7, 11) is 0. The molecule has 0 N–H and O–H groups in total. The van der Waals surface area contributed by atoms with Crippen LogP contribution in [0.1, 0.15) is 25.0 Å². The number of hydrogen-bond donors (Lipinski definition) is 0. The Hall–Kier alpha value is -7.57. The molecule has 6 heteroatoms. The Kier molecular flexibility index (Phi) is 7.73. The Bertz CT molecular complexity index is 3170. The average molecular weight is 745 g/mol. The Labute approximate surface area is 336 Å². The van der Waals surface area contributed by atoms with Gasteiger partial charge in [0.2, 0.25) is 0 Å². The van der Waals surface area contributed by atoms with E-state index in [0.29, 0.717) is 29.0 Å². The number of rotatable bonds is 6. The van der Waals surface area contributed by atoms with Gasteiger partial charge >= 0.3 is 0 Å². The molecule has 0 bridgehead atoms. The Balaban J connectivity index is 1.15. The van der Waals surface area contributed by atoms with E-state index in [9.17, 15) is 0 Å². The fourth-order valence-corrected chi connectivity index (χ4v) is 8.64. The highest BCUT2D eigenvalue weighted by Crippen LogP contribution is 2.51. The molecule has 274 valence electrons. The first-order valence-electron chi connectivity index (χ1n) is 19.6. The highest BCUT2D eigenvalue weighted by molar-refractivity contribution is 6.10. The molecule has 10 aromatic rings. The summed E-state index contributed by atoms with van der Waals surface area (Å²) in [6, 6.07) is 63.2. The van der Waals surface area contributed by atoms with E-state index in [1.54, 1.807) is 0 Å². The molecule has 0 unspecified atom stereocenters. The summed E-state index contributed by atoms with van der Waals surface area (Å²) >= 11 is 0. The third-order valence-corrected chi connectivity index (χ3v) is 11.5. The van der Waals surface area contributed by atoms with Gasteiger partial charge in [0.05, 0.1) is 16.7 Å². The van der Waals surface area contributed by atoms with E-state index >= 15 is 0 Å². The molecule has 0 radical (unpaired) electrons. The van der Waals surface area contributed by atoms with Crippen molar-refractivity contribution in [3.63, 3.8) is 0 Å².